The number of rotatable bonds is 6. The number of benzene rings is 2. The molecule has 0 saturated heterocycles. The lowest BCUT2D eigenvalue weighted by atomic mass is 9.75. The average molecular weight is 507 g/mol. The first-order valence-electron chi connectivity index (χ1n) is 13.6. The van der Waals surface area contributed by atoms with Crippen molar-refractivity contribution in [3.63, 3.8) is 0 Å². The molecule has 0 aromatic heterocycles. The van der Waals surface area contributed by atoms with E-state index < -0.39 is 23.2 Å². The van der Waals surface area contributed by atoms with Crippen molar-refractivity contribution >= 4 is 23.3 Å². The Morgan fingerprint density at radius 1 is 1.08 bits per heavy atom. The van der Waals surface area contributed by atoms with E-state index in [4.69, 9.17) is 4.74 Å². The van der Waals surface area contributed by atoms with Gasteiger partial charge in [-0.15, -0.1) is 0 Å². The van der Waals surface area contributed by atoms with Gasteiger partial charge in [-0.25, -0.2) is 4.79 Å². The number of aliphatic carboxylic acids is 1. The summed E-state index contributed by atoms with van der Waals surface area (Å²) in [6.07, 6.45) is 4.63. The van der Waals surface area contributed by atoms with Crippen molar-refractivity contribution in [3.8, 4) is 11.1 Å². The zero-order valence-electron chi connectivity index (χ0n) is 23.5. The summed E-state index contributed by atoms with van der Waals surface area (Å²) in [5.74, 6) is -1.00. The third-order valence-electron chi connectivity index (χ3n) is 7.89. The standard InChI is InChI=1S/C31H42N2O4/c1-8-18-33-26-21(4)23(22-14-12-19(2)13-15-22)24(27(28(34)35)37-30(5,6)7)20(3)25(26)32-29(36)31(33)16-10-9-11-17-31/h12-15,27H,8-11,16-18H2,1-7H3,(H,32,36)(H,34,35)/t27-/m0/s1. The molecule has 1 aliphatic carbocycles. The first-order chi connectivity index (χ1) is 17.4. The summed E-state index contributed by atoms with van der Waals surface area (Å²) in [5.41, 5.74) is 5.86. The number of anilines is 2. The van der Waals surface area contributed by atoms with Crippen molar-refractivity contribution in [2.75, 3.05) is 16.8 Å². The number of carbonyl (C=O) groups is 2. The summed E-state index contributed by atoms with van der Waals surface area (Å²) in [7, 11) is 0. The quantitative estimate of drug-likeness (QED) is 0.437. The van der Waals surface area contributed by atoms with Gasteiger partial charge < -0.3 is 20.1 Å². The van der Waals surface area contributed by atoms with E-state index in [0.717, 1.165) is 84.3 Å². The van der Waals surface area contributed by atoms with Gasteiger partial charge in [0.1, 0.15) is 5.54 Å². The van der Waals surface area contributed by atoms with Gasteiger partial charge in [0, 0.05) is 12.1 Å². The maximum absolute atomic E-state index is 13.8. The first-order valence-corrected chi connectivity index (χ1v) is 13.6. The Labute approximate surface area is 221 Å². The van der Waals surface area contributed by atoms with Crippen molar-refractivity contribution in [1.29, 1.82) is 0 Å². The highest BCUT2D eigenvalue weighted by Gasteiger charge is 2.50. The van der Waals surface area contributed by atoms with Crippen LogP contribution in [0.4, 0.5) is 11.4 Å². The maximum atomic E-state index is 13.8. The summed E-state index contributed by atoms with van der Waals surface area (Å²) < 4.78 is 6.18. The SMILES string of the molecule is CCCN1c2c(C)c(-c3ccc(C)cc3)c([C@H](OC(C)(C)C)C(=O)O)c(C)c2NC(=O)C12CCCCC2. The molecule has 1 amide bonds. The number of aryl methyl sites for hydroxylation is 1. The fourth-order valence-electron chi connectivity index (χ4n) is 6.25. The molecule has 0 bridgehead atoms. The monoisotopic (exact) mass is 506 g/mol. The summed E-state index contributed by atoms with van der Waals surface area (Å²) in [5, 5.41) is 13.7. The van der Waals surface area contributed by atoms with E-state index in [2.05, 4.69) is 48.3 Å². The van der Waals surface area contributed by atoms with Crippen molar-refractivity contribution in [3.05, 3.63) is 46.5 Å². The topological polar surface area (TPSA) is 78.9 Å². The van der Waals surface area contributed by atoms with Crippen molar-refractivity contribution in [2.45, 2.75) is 104 Å². The van der Waals surface area contributed by atoms with Gasteiger partial charge in [0.05, 0.1) is 17.0 Å². The van der Waals surface area contributed by atoms with Gasteiger partial charge in [0.25, 0.3) is 0 Å². The molecule has 1 heterocycles. The molecule has 6 heteroatoms. The second-order valence-electron chi connectivity index (χ2n) is 11.8. The smallest absolute Gasteiger partial charge is 0.337 e. The third kappa shape index (κ3) is 4.88. The van der Waals surface area contributed by atoms with Gasteiger partial charge in [-0.2, -0.15) is 0 Å². The zero-order chi connectivity index (χ0) is 27.1. The minimum atomic E-state index is -1.18. The third-order valence-corrected chi connectivity index (χ3v) is 7.89. The minimum Gasteiger partial charge on any atom is -0.479 e. The number of hydrogen-bond donors (Lipinski definition) is 2. The van der Waals surface area contributed by atoms with E-state index in [1.165, 1.54) is 0 Å². The van der Waals surface area contributed by atoms with Crippen LogP contribution >= 0.6 is 0 Å². The van der Waals surface area contributed by atoms with Gasteiger partial charge in [-0.05, 0) is 83.1 Å². The predicted molar refractivity (Wildman–Crippen MR) is 149 cm³/mol. The van der Waals surface area contributed by atoms with Crippen LogP contribution in [-0.4, -0.2) is 34.7 Å². The fourth-order valence-corrected chi connectivity index (χ4v) is 6.25. The molecule has 1 fully saturated rings. The molecule has 0 radical (unpaired) electrons. The molecule has 2 aromatic carbocycles. The average Bonchev–Trinajstić information content (AvgIpc) is 2.83. The van der Waals surface area contributed by atoms with Gasteiger partial charge in [-0.3, -0.25) is 4.79 Å². The summed E-state index contributed by atoms with van der Waals surface area (Å²) in [6.45, 7) is 14.6. The lowest BCUT2D eigenvalue weighted by Crippen LogP contribution is -2.61. The molecule has 200 valence electrons. The number of carboxylic acids is 1. The van der Waals surface area contributed by atoms with Crippen LogP contribution in [0.1, 0.15) is 94.6 Å². The lowest BCUT2D eigenvalue weighted by molar-refractivity contribution is -0.160. The summed E-state index contributed by atoms with van der Waals surface area (Å²) in [6, 6.07) is 8.24. The van der Waals surface area contributed by atoms with E-state index in [1.807, 2.05) is 34.6 Å². The van der Waals surface area contributed by atoms with E-state index in [0.29, 0.717) is 5.56 Å². The van der Waals surface area contributed by atoms with E-state index in [9.17, 15) is 14.7 Å². The highest BCUT2D eigenvalue weighted by Crippen LogP contribution is 2.52. The van der Waals surface area contributed by atoms with E-state index in [-0.39, 0.29) is 5.91 Å². The van der Waals surface area contributed by atoms with Crippen LogP contribution in [0.2, 0.25) is 0 Å². The van der Waals surface area contributed by atoms with E-state index in [1.54, 1.807) is 0 Å². The molecule has 2 N–H and O–H groups in total. The highest BCUT2D eigenvalue weighted by atomic mass is 16.5. The van der Waals surface area contributed by atoms with Crippen LogP contribution < -0.4 is 10.2 Å². The van der Waals surface area contributed by atoms with Crippen LogP contribution in [0.15, 0.2) is 24.3 Å². The molecule has 0 unspecified atom stereocenters. The lowest BCUT2D eigenvalue weighted by Gasteiger charge is -2.51. The Morgan fingerprint density at radius 3 is 2.24 bits per heavy atom. The number of ether oxygens (including phenoxy) is 1. The summed E-state index contributed by atoms with van der Waals surface area (Å²) >= 11 is 0. The molecule has 1 aliphatic heterocycles. The fraction of sp³-hybridized carbons (Fsp3) is 0.548. The first kappa shape index (κ1) is 27.2. The molecular weight excluding hydrogens is 464 g/mol. The molecule has 1 saturated carbocycles. The van der Waals surface area contributed by atoms with Gasteiger partial charge in [0.2, 0.25) is 5.91 Å². The van der Waals surface area contributed by atoms with E-state index >= 15 is 0 Å². The maximum Gasteiger partial charge on any atom is 0.337 e. The number of hydrogen-bond acceptors (Lipinski definition) is 4. The van der Waals surface area contributed by atoms with Crippen molar-refractivity contribution in [2.24, 2.45) is 0 Å². The number of nitrogens with one attached hydrogen (secondary N) is 1. The largest absolute Gasteiger partial charge is 0.479 e. The van der Waals surface area contributed by atoms with Crippen LogP contribution in [0, 0.1) is 20.8 Å². The van der Waals surface area contributed by atoms with Crippen molar-refractivity contribution < 1.29 is 19.4 Å². The molecule has 6 nitrogen and oxygen atoms in total. The Hall–Kier alpha value is -2.86. The van der Waals surface area contributed by atoms with Crippen molar-refractivity contribution in [1.82, 2.24) is 0 Å². The van der Waals surface area contributed by atoms with Crippen LogP contribution in [-0.2, 0) is 14.3 Å². The van der Waals surface area contributed by atoms with Gasteiger partial charge in [-0.1, -0.05) is 56.0 Å². The molecule has 37 heavy (non-hydrogen) atoms. The number of fused-ring (bicyclic) bond motifs is 1. The van der Waals surface area contributed by atoms with Gasteiger partial charge in [0.15, 0.2) is 6.10 Å². The Kier molecular flexibility index (Phi) is 7.44. The van der Waals surface area contributed by atoms with Crippen LogP contribution in [0.3, 0.4) is 0 Å². The zero-order valence-corrected chi connectivity index (χ0v) is 23.5. The molecule has 4 rings (SSSR count). The molecular formula is C31H42N2O4. The summed E-state index contributed by atoms with van der Waals surface area (Å²) in [4.78, 5) is 28.9. The molecule has 2 aliphatic rings. The second-order valence-corrected chi connectivity index (χ2v) is 11.8. The second kappa shape index (κ2) is 10.1. The molecule has 1 spiro atoms. The normalized spacial score (nSPS) is 17.9. The Balaban J connectivity index is 2.07. The highest BCUT2D eigenvalue weighted by molar-refractivity contribution is 6.10. The minimum absolute atomic E-state index is 0.0355. The Bertz CT molecular complexity index is 1190. The van der Waals surface area contributed by atoms with Gasteiger partial charge >= 0.3 is 5.97 Å². The molecule has 2 aromatic rings. The predicted octanol–water partition coefficient (Wildman–Crippen LogP) is 7.09. The van der Waals surface area contributed by atoms with Crippen LogP contribution in [0.5, 0.6) is 0 Å². The molecule has 1 atom stereocenters. The number of nitrogens with zero attached hydrogens (tertiary/aromatic N) is 1. The number of amides is 1. The number of carboxylic acid groups (broad SMARTS) is 1. The Morgan fingerprint density at radius 2 is 1.70 bits per heavy atom. The van der Waals surface area contributed by atoms with Crippen LogP contribution in [0.25, 0.3) is 11.1 Å². The number of carbonyl (C=O) groups excluding carboxylic acids is 1.